The van der Waals surface area contributed by atoms with E-state index >= 15 is 0 Å². The first-order valence-corrected chi connectivity index (χ1v) is 10.6. The lowest BCUT2D eigenvalue weighted by Gasteiger charge is -2.34. The Balaban J connectivity index is 1.93. The van der Waals surface area contributed by atoms with E-state index in [1.165, 1.54) is 14.0 Å². The number of fused-ring (bicyclic) bond motifs is 2. The molecule has 4 rings (SSSR count). The van der Waals surface area contributed by atoms with Crippen molar-refractivity contribution in [2.24, 2.45) is 11.8 Å². The molecule has 0 saturated carbocycles. The van der Waals surface area contributed by atoms with Crippen molar-refractivity contribution in [1.82, 2.24) is 0 Å². The number of esters is 1. The molecular formula is C24H22BrNO4. The molecule has 1 aliphatic carbocycles. The molecule has 1 heterocycles. The first-order valence-electron chi connectivity index (χ1n) is 9.79. The van der Waals surface area contributed by atoms with Crippen LogP contribution in [0.4, 0.5) is 5.69 Å². The van der Waals surface area contributed by atoms with Crippen LogP contribution in [0, 0.1) is 11.8 Å². The molecule has 0 unspecified atom stereocenters. The molecule has 1 spiro atoms. The van der Waals surface area contributed by atoms with Crippen LogP contribution in [0.25, 0.3) is 0 Å². The van der Waals surface area contributed by atoms with Gasteiger partial charge in [0.1, 0.15) is 5.78 Å². The fraction of sp³-hybridized carbons (Fsp3) is 0.292. The molecule has 1 amide bonds. The molecular weight excluding hydrogens is 446 g/mol. The summed E-state index contributed by atoms with van der Waals surface area (Å²) in [6.07, 6.45) is 1.73. The Morgan fingerprint density at radius 1 is 1.13 bits per heavy atom. The van der Waals surface area contributed by atoms with Crippen molar-refractivity contribution in [2.75, 3.05) is 12.0 Å². The maximum absolute atomic E-state index is 14.1. The number of amides is 1. The first kappa shape index (κ1) is 20.5. The summed E-state index contributed by atoms with van der Waals surface area (Å²) in [6.45, 7) is 3.70. The summed E-state index contributed by atoms with van der Waals surface area (Å²) >= 11 is 3.61. The van der Waals surface area contributed by atoms with Crippen LogP contribution in [-0.2, 0) is 31.1 Å². The van der Waals surface area contributed by atoms with E-state index in [4.69, 9.17) is 4.74 Å². The molecule has 1 aliphatic heterocycles. The zero-order valence-electron chi connectivity index (χ0n) is 17.0. The van der Waals surface area contributed by atoms with Crippen LogP contribution in [0.2, 0.25) is 0 Å². The molecule has 0 saturated heterocycles. The summed E-state index contributed by atoms with van der Waals surface area (Å²) in [5.41, 5.74) is 1.60. The van der Waals surface area contributed by atoms with Gasteiger partial charge in [0.25, 0.3) is 0 Å². The third kappa shape index (κ3) is 2.77. The van der Waals surface area contributed by atoms with Crippen LogP contribution in [0.15, 0.2) is 64.7 Å². The van der Waals surface area contributed by atoms with Gasteiger partial charge in [-0.3, -0.25) is 9.59 Å². The van der Waals surface area contributed by atoms with E-state index in [0.717, 1.165) is 21.3 Å². The number of para-hydroxylation sites is 1. The average molecular weight is 468 g/mol. The number of halogens is 1. The van der Waals surface area contributed by atoms with Crippen molar-refractivity contribution in [3.05, 3.63) is 75.8 Å². The lowest BCUT2D eigenvalue weighted by Crippen LogP contribution is -2.49. The highest BCUT2D eigenvalue weighted by Gasteiger charge is 2.64. The minimum Gasteiger partial charge on any atom is -0.466 e. The number of benzene rings is 2. The third-order valence-electron chi connectivity index (χ3n) is 6.23. The normalized spacial score (nSPS) is 24.7. The van der Waals surface area contributed by atoms with E-state index in [1.807, 2.05) is 55.5 Å². The second-order valence-electron chi connectivity index (χ2n) is 7.83. The molecule has 154 valence electrons. The smallest absolute Gasteiger partial charge is 0.334 e. The molecule has 0 bridgehead atoms. The van der Waals surface area contributed by atoms with E-state index in [0.29, 0.717) is 6.54 Å². The summed E-state index contributed by atoms with van der Waals surface area (Å²) in [5, 5.41) is 0. The van der Waals surface area contributed by atoms with E-state index in [2.05, 4.69) is 15.9 Å². The van der Waals surface area contributed by atoms with Gasteiger partial charge in [-0.2, -0.15) is 0 Å². The van der Waals surface area contributed by atoms with Crippen LogP contribution >= 0.6 is 15.9 Å². The van der Waals surface area contributed by atoms with Crippen molar-refractivity contribution >= 4 is 39.3 Å². The lowest BCUT2D eigenvalue weighted by atomic mass is 9.65. The number of ketones is 1. The van der Waals surface area contributed by atoms with Gasteiger partial charge in [-0.15, -0.1) is 0 Å². The van der Waals surface area contributed by atoms with Gasteiger partial charge in [0.2, 0.25) is 5.91 Å². The molecule has 2 aromatic carbocycles. The van der Waals surface area contributed by atoms with Gasteiger partial charge < -0.3 is 9.64 Å². The second-order valence-corrected chi connectivity index (χ2v) is 8.68. The SMILES string of the molecule is COC(=O)C1=C[C@H](C)[C@]2(C(=O)N(Cc3ccccc3)c3c(Br)cccc32)[C@@H]1C(C)=O. The second kappa shape index (κ2) is 7.51. The molecule has 6 heteroatoms. The van der Waals surface area contributed by atoms with Crippen LogP contribution in [0.1, 0.15) is 25.0 Å². The number of allylic oxidation sites excluding steroid dienone is 1. The van der Waals surface area contributed by atoms with Crippen LogP contribution < -0.4 is 4.90 Å². The molecule has 0 N–H and O–H groups in total. The molecule has 3 atom stereocenters. The number of nitrogens with zero attached hydrogens (tertiary/aromatic N) is 1. The monoisotopic (exact) mass is 467 g/mol. The number of anilines is 1. The average Bonchev–Trinajstić information content (AvgIpc) is 3.17. The highest BCUT2D eigenvalue weighted by atomic mass is 79.9. The molecule has 0 fully saturated rings. The highest BCUT2D eigenvalue weighted by Crippen LogP contribution is 2.58. The summed E-state index contributed by atoms with van der Waals surface area (Å²) in [7, 11) is 1.29. The van der Waals surface area contributed by atoms with Crippen molar-refractivity contribution in [3.8, 4) is 0 Å². The van der Waals surface area contributed by atoms with Crippen molar-refractivity contribution in [2.45, 2.75) is 25.8 Å². The Hall–Kier alpha value is -2.73. The van der Waals surface area contributed by atoms with Gasteiger partial charge in [0.15, 0.2) is 0 Å². The van der Waals surface area contributed by atoms with Gasteiger partial charge in [0, 0.05) is 10.0 Å². The number of rotatable bonds is 4. The quantitative estimate of drug-likeness (QED) is 0.632. The standard InChI is InChI=1S/C24H22BrNO4/c1-14-12-17(22(28)30-3)20(15(2)27)24(14)18-10-7-11-19(25)21(18)26(23(24)29)13-16-8-5-4-6-9-16/h4-12,14,20H,13H2,1-3H3/t14-,20+,24+/m0/s1. The minimum absolute atomic E-state index is 0.170. The minimum atomic E-state index is -1.16. The Morgan fingerprint density at radius 2 is 1.83 bits per heavy atom. The lowest BCUT2D eigenvalue weighted by molar-refractivity contribution is -0.139. The molecule has 0 radical (unpaired) electrons. The number of carbonyl (C=O) groups is 3. The van der Waals surface area contributed by atoms with Crippen molar-refractivity contribution < 1.29 is 19.1 Å². The molecule has 5 nitrogen and oxygen atoms in total. The van der Waals surface area contributed by atoms with Gasteiger partial charge in [0.05, 0.1) is 30.7 Å². The Kier molecular flexibility index (Phi) is 5.14. The largest absolute Gasteiger partial charge is 0.466 e. The van der Waals surface area contributed by atoms with Gasteiger partial charge in [-0.05, 0) is 46.0 Å². The fourth-order valence-corrected chi connectivity index (χ4v) is 5.63. The fourth-order valence-electron chi connectivity index (χ4n) is 5.05. The van der Waals surface area contributed by atoms with Crippen molar-refractivity contribution in [3.63, 3.8) is 0 Å². The molecule has 30 heavy (non-hydrogen) atoms. The van der Waals surface area contributed by atoms with Crippen LogP contribution in [-0.4, -0.2) is 24.8 Å². The summed E-state index contributed by atoms with van der Waals surface area (Å²) in [5.74, 6) is -2.19. The maximum Gasteiger partial charge on any atom is 0.334 e. The number of methoxy groups -OCH3 is 1. The number of hydrogen-bond donors (Lipinski definition) is 0. The van der Waals surface area contributed by atoms with Crippen LogP contribution in [0.3, 0.4) is 0 Å². The first-order chi connectivity index (χ1) is 14.3. The number of hydrogen-bond acceptors (Lipinski definition) is 4. The molecule has 0 aromatic heterocycles. The highest BCUT2D eigenvalue weighted by molar-refractivity contribution is 9.10. The van der Waals surface area contributed by atoms with Gasteiger partial charge in [-0.25, -0.2) is 4.79 Å². The van der Waals surface area contributed by atoms with Crippen LogP contribution in [0.5, 0.6) is 0 Å². The Morgan fingerprint density at radius 3 is 2.47 bits per heavy atom. The summed E-state index contributed by atoms with van der Waals surface area (Å²) in [4.78, 5) is 41.2. The topological polar surface area (TPSA) is 63.7 Å². The van der Waals surface area contributed by atoms with Gasteiger partial charge in [-0.1, -0.05) is 55.5 Å². The maximum atomic E-state index is 14.1. The number of carbonyl (C=O) groups excluding carboxylic acids is 3. The van der Waals surface area contributed by atoms with E-state index < -0.39 is 17.3 Å². The summed E-state index contributed by atoms with van der Waals surface area (Å²) in [6, 6.07) is 15.4. The number of ether oxygens (including phenoxy) is 1. The van der Waals surface area contributed by atoms with E-state index in [9.17, 15) is 14.4 Å². The Labute approximate surface area is 183 Å². The Bertz CT molecular complexity index is 1080. The zero-order valence-corrected chi connectivity index (χ0v) is 18.6. The van der Waals surface area contributed by atoms with Crippen molar-refractivity contribution in [1.29, 1.82) is 0 Å². The predicted molar refractivity (Wildman–Crippen MR) is 117 cm³/mol. The molecule has 2 aliphatic rings. The third-order valence-corrected chi connectivity index (χ3v) is 6.87. The zero-order chi connectivity index (χ0) is 21.6. The summed E-state index contributed by atoms with van der Waals surface area (Å²) < 4.78 is 5.72. The van der Waals surface area contributed by atoms with E-state index in [1.54, 1.807) is 11.0 Å². The van der Waals surface area contributed by atoms with Gasteiger partial charge >= 0.3 is 5.97 Å². The molecule has 2 aromatic rings. The predicted octanol–water partition coefficient (Wildman–Crippen LogP) is 4.19. The number of Topliss-reactive ketones (excluding diaryl/α,β-unsaturated/α-hetero) is 1. The van der Waals surface area contributed by atoms with E-state index in [-0.39, 0.29) is 23.2 Å².